The van der Waals surface area contributed by atoms with E-state index in [1.807, 2.05) is 0 Å². The molecule has 0 aromatic carbocycles. The molecule has 1 unspecified atom stereocenters. The molecule has 2 rings (SSSR count). The van der Waals surface area contributed by atoms with Gasteiger partial charge in [0.25, 0.3) is 6.35 Å². The minimum atomic E-state index is -0.602. The molecule has 5 heteroatoms. The molecule has 2 amide bonds. The largest absolute Gasteiger partial charge is 0.339 e. The van der Waals surface area contributed by atoms with Crippen LogP contribution in [0, 0.1) is 0 Å². The van der Waals surface area contributed by atoms with Crippen LogP contribution in [-0.4, -0.2) is 23.2 Å². The number of carbonyl (C=O) groups is 2. The maximum atomic E-state index is 10.3. The third-order valence-electron chi connectivity index (χ3n) is 1.03. The lowest BCUT2D eigenvalue weighted by molar-refractivity contribution is -0.145. The first-order valence-corrected chi connectivity index (χ1v) is 2.10. The van der Waals surface area contributed by atoms with E-state index in [-0.39, 0.29) is 0 Å². The SMILES string of the molecule is O=C1NC2ON2C1=O. The summed E-state index contributed by atoms with van der Waals surface area (Å²) in [5.41, 5.74) is 0. The molecule has 0 aromatic rings. The van der Waals surface area contributed by atoms with Crippen molar-refractivity contribution < 1.29 is 14.4 Å². The minimum Gasteiger partial charge on any atom is -0.301 e. The maximum absolute atomic E-state index is 10.3. The van der Waals surface area contributed by atoms with Crippen molar-refractivity contribution in [2.24, 2.45) is 0 Å². The van der Waals surface area contributed by atoms with E-state index in [9.17, 15) is 9.59 Å². The Labute approximate surface area is 44.2 Å². The fourth-order valence-corrected chi connectivity index (χ4v) is 0.594. The highest BCUT2D eigenvalue weighted by molar-refractivity contribution is 6.37. The van der Waals surface area contributed by atoms with Crippen molar-refractivity contribution in [3.05, 3.63) is 0 Å². The second-order valence-electron chi connectivity index (χ2n) is 1.56. The third-order valence-corrected chi connectivity index (χ3v) is 1.03. The second-order valence-corrected chi connectivity index (χ2v) is 1.56. The monoisotopic (exact) mass is 114 g/mol. The average Bonchev–Trinajstić information content (AvgIpc) is 2.39. The molecule has 42 valence electrons. The minimum absolute atomic E-state index is 0.449. The normalized spacial score (nSPS) is 32.5. The number of fused-ring (bicyclic) bond motifs is 1. The highest BCUT2D eigenvalue weighted by atomic mass is 16.9. The van der Waals surface area contributed by atoms with E-state index in [0.29, 0.717) is 0 Å². The number of hydrogen-bond acceptors (Lipinski definition) is 3. The zero-order valence-corrected chi connectivity index (χ0v) is 3.75. The van der Waals surface area contributed by atoms with E-state index in [0.717, 1.165) is 5.06 Å². The first kappa shape index (κ1) is 3.85. The standard InChI is InChI=1S/C3H2N2O3/c6-1-2(7)5-3(4-1)8-5/h3H,(H,4,6). The maximum Gasteiger partial charge on any atom is 0.339 e. The van der Waals surface area contributed by atoms with Crippen LogP contribution in [-0.2, 0) is 14.4 Å². The van der Waals surface area contributed by atoms with Gasteiger partial charge in [0.2, 0.25) is 0 Å². The summed E-state index contributed by atoms with van der Waals surface area (Å²) in [6.45, 7) is 0. The van der Waals surface area contributed by atoms with Crippen LogP contribution in [0.5, 0.6) is 0 Å². The Hall–Kier alpha value is -1.10. The Kier molecular flexibility index (Phi) is 0.410. The summed E-state index contributed by atoms with van der Waals surface area (Å²) in [6.07, 6.45) is -0.449. The number of rotatable bonds is 0. The van der Waals surface area contributed by atoms with Gasteiger partial charge in [-0.25, -0.2) is 4.84 Å². The van der Waals surface area contributed by atoms with Gasteiger partial charge >= 0.3 is 11.8 Å². The molecular formula is C3H2N2O3. The van der Waals surface area contributed by atoms with Gasteiger partial charge in [0, 0.05) is 0 Å². The van der Waals surface area contributed by atoms with Crippen LogP contribution < -0.4 is 5.32 Å². The summed E-state index contributed by atoms with van der Waals surface area (Å²) in [6, 6.07) is 0. The van der Waals surface area contributed by atoms with Crippen LogP contribution in [0.1, 0.15) is 0 Å². The van der Waals surface area contributed by atoms with Crippen LogP contribution in [0.2, 0.25) is 0 Å². The molecule has 2 saturated heterocycles. The summed E-state index contributed by atoms with van der Waals surface area (Å²) >= 11 is 0. The van der Waals surface area contributed by atoms with Gasteiger partial charge in [-0.3, -0.25) is 9.59 Å². The Morgan fingerprint density at radius 2 is 2.38 bits per heavy atom. The van der Waals surface area contributed by atoms with E-state index in [1.54, 1.807) is 0 Å². The van der Waals surface area contributed by atoms with E-state index >= 15 is 0 Å². The molecule has 2 fully saturated rings. The van der Waals surface area contributed by atoms with Gasteiger partial charge in [0.05, 0.1) is 0 Å². The van der Waals surface area contributed by atoms with Gasteiger partial charge < -0.3 is 5.32 Å². The summed E-state index contributed by atoms with van der Waals surface area (Å²) in [5, 5.41) is 3.24. The third kappa shape index (κ3) is 0.261. The van der Waals surface area contributed by atoms with E-state index in [2.05, 4.69) is 10.2 Å². The van der Waals surface area contributed by atoms with Crippen molar-refractivity contribution in [2.45, 2.75) is 6.35 Å². The smallest absolute Gasteiger partial charge is 0.301 e. The number of carbonyl (C=O) groups excluding carboxylic acids is 2. The van der Waals surface area contributed by atoms with Crippen LogP contribution in [0.15, 0.2) is 0 Å². The first-order valence-electron chi connectivity index (χ1n) is 2.10. The summed E-state index contributed by atoms with van der Waals surface area (Å²) in [7, 11) is 0. The molecule has 2 aliphatic rings. The Morgan fingerprint density at radius 1 is 1.62 bits per heavy atom. The summed E-state index contributed by atoms with van der Waals surface area (Å²) in [4.78, 5) is 25.1. The molecule has 0 bridgehead atoms. The molecule has 8 heavy (non-hydrogen) atoms. The fraction of sp³-hybridized carbons (Fsp3) is 0.333. The number of nitrogens with zero attached hydrogens (tertiary/aromatic N) is 1. The van der Waals surface area contributed by atoms with E-state index < -0.39 is 18.2 Å². The van der Waals surface area contributed by atoms with Crippen molar-refractivity contribution in [3.63, 3.8) is 0 Å². The molecule has 1 N–H and O–H groups in total. The predicted molar refractivity (Wildman–Crippen MR) is 19.9 cm³/mol. The van der Waals surface area contributed by atoms with Crippen LogP contribution in [0.25, 0.3) is 0 Å². The fourth-order valence-electron chi connectivity index (χ4n) is 0.594. The molecule has 2 aliphatic heterocycles. The average molecular weight is 114 g/mol. The van der Waals surface area contributed by atoms with Gasteiger partial charge in [-0.2, -0.15) is 5.06 Å². The summed E-state index contributed by atoms with van der Waals surface area (Å²) < 4.78 is 0. The highest BCUT2D eigenvalue weighted by Gasteiger charge is 2.52. The van der Waals surface area contributed by atoms with E-state index in [1.165, 1.54) is 0 Å². The molecule has 5 nitrogen and oxygen atoms in total. The van der Waals surface area contributed by atoms with Crippen molar-refractivity contribution in [1.82, 2.24) is 10.4 Å². The first-order chi connectivity index (χ1) is 3.79. The van der Waals surface area contributed by atoms with Crippen molar-refractivity contribution in [2.75, 3.05) is 0 Å². The molecule has 1 atom stereocenters. The van der Waals surface area contributed by atoms with Gasteiger partial charge in [-0.1, -0.05) is 0 Å². The lowest BCUT2D eigenvalue weighted by atomic mass is 10.6. The van der Waals surface area contributed by atoms with Gasteiger partial charge in [0.15, 0.2) is 0 Å². The van der Waals surface area contributed by atoms with Crippen molar-refractivity contribution >= 4 is 11.8 Å². The van der Waals surface area contributed by atoms with Gasteiger partial charge in [-0.05, 0) is 0 Å². The van der Waals surface area contributed by atoms with Crippen LogP contribution in [0.4, 0.5) is 0 Å². The van der Waals surface area contributed by atoms with Crippen LogP contribution >= 0.6 is 0 Å². The number of hydrogen-bond donors (Lipinski definition) is 1. The Balaban J connectivity index is 2.31. The van der Waals surface area contributed by atoms with Crippen LogP contribution in [0.3, 0.4) is 0 Å². The number of hydroxylamine groups is 2. The Morgan fingerprint density at radius 3 is 2.62 bits per heavy atom. The summed E-state index contributed by atoms with van der Waals surface area (Å²) in [5.74, 6) is -1.18. The molecule has 0 aromatic heterocycles. The topological polar surface area (TPSA) is 61.7 Å². The van der Waals surface area contributed by atoms with Gasteiger partial charge in [0.1, 0.15) is 0 Å². The van der Waals surface area contributed by atoms with Gasteiger partial charge in [-0.15, -0.1) is 0 Å². The zero-order valence-electron chi connectivity index (χ0n) is 3.75. The zero-order chi connectivity index (χ0) is 5.72. The molecule has 0 radical (unpaired) electrons. The molecule has 0 spiro atoms. The lowest BCUT2D eigenvalue weighted by Gasteiger charge is -1.84. The lowest BCUT2D eigenvalue weighted by Crippen LogP contribution is -2.25. The van der Waals surface area contributed by atoms with Crippen molar-refractivity contribution in [1.29, 1.82) is 0 Å². The van der Waals surface area contributed by atoms with E-state index in [4.69, 9.17) is 0 Å². The number of amides is 2. The quantitative estimate of drug-likeness (QED) is 0.298. The molecule has 0 saturated carbocycles. The molecule has 0 aliphatic carbocycles. The molecule has 2 heterocycles. The second kappa shape index (κ2) is 0.851. The highest BCUT2D eigenvalue weighted by Crippen LogP contribution is 2.21. The number of nitrogens with one attached hydrogen (secondary N) is 1. The molecular weight excluding hydrogens is 112 g/mol. The van der Waals surface area contributed by atoms with Crippen molar-refractivity contribution in [3.8, 4) is 0 Å². The predicted octanol–water partition coefficient (Wildman–Crippen LogP) is -1.83. The Bertz CT molecular complexity index is 177.